The number of aromatic nitrogens is 1. The maximum absolute atomic E-state index is 9.05. The Morgan fingerprint density at radius 2 is 2.38 bits per heavy atom. The Morgan fingerprint density at radius 3 is 3.12 bits per heavy atom. The van der Waals surface area contributed by atoms with Gasteiger partial charge in [-0.2, -0.15) is 5.26 Å². The molecule has 1 aromatic rings. The number of aryl methyl sites for hydroxylation is 2. The summed E-state index contributed by atoms with van der Waals surface area (Å²) in [7, 11) is 0. The number of nitrogens with two attached hydrogens (primary N) is 1. The quantitative estimate of drug-likeness (QED) is 0.742. The Bertz CT molecular complexity index is 420. The molecule has 84 valence electrons. The van der Waals surface area contributed by atoms with Gasteiger partial charge in [0.25, 0.3) is 0 Å². The first-order valence-corrected chi connectivity index (χ1v) is 5.72. The number of hydrogen-bond acceptors (Lipinski definition) is 4. The molecule has 0 spiro atoms. The molecule has 0 fully saturated rings. The summed E-state index contributed by atoms with van der Waals surface area (Å²) in [6.45, 7) is 1.43. The summed E-state index contributed by atoms with van der Waals surface area (Å²) in [5.74, 6) is 0.719. The average Bonchev–Trinajstić information content (AvgIpc) is 2.75. The third kappa shape index (κ3) is 2.15. The fraction of sp³-hybridized carbons (Fsp3) is 0.500. The number of nitrogens with zero attached hydrogens (tertiary/aromatic N) is 2. The lowest BCUT2D eigenvalue weighted by Gasteiger charge is -2.08. The van der Waals surface area contributed by atoms with Crippen molar-refractivity contribution in [2.45, 2.75) is 25.7 Å². The molecular formula is C12H16N4. The Labute approximate surface area is 95.5 Å². The van der Waals surface area contributed by atoms with Crippen LogP contribution in [0.5, 0.6) is 0 Å². The van der Waals surface area contributed by atoms with Crippen LogP contribution in [0.1, 0.15) is 29.7 Å². The number of fused-ring (bicyclic) bond motifs is 1. The van der Waals surface area contributed by atoms with Crippen molar-refractivity contribution in [1.29, 1.82) is 5.26 Å². The number of nitriles is 1. The number of nitrogens with one attached hydrogen (secondary N) is 1. The van der Waals surface area contributed by atoms with Gasteiger partial charge in [0.15, 0.2) is 0 Å². The van der Waals surface area contributed by atoms with E-state index in [4.69, 9.17) is 11.0 Å². The summed E-state index contributed by atoms with van der Waals surface area (Å²) in [5.41, 5.74) is 8.46. The highest BCUT2D eigenvalue weighted by Crippen LogP contribution is 2.24. The second-order valence-electron chi connectivity index (χ2n) is 4.02. The maximum Gasteiger partial charge on any atom is 0.144 e. The van der Waals surface area contributed by atoms with Crippen molar-refractivity contribution in [3.63, 3.8) is 0 Å². The molecular weight excluding hydrogens is 200 g/mol. The lowest BCUT2D eigenvalue weighted by atomic mass is 10.1. The molecule has 3 N–H and O–H groups in total. The Hall–Kier alpha value is -1.60. The van der Waals surface area contributed by atoms with Gasteiger partial charge in [-0.1, -0.05) is 0 Å². The predicted molar refractivity (Wildman–Crippen MR) is 63.1 cm³/mol. The van der Waals surface area contributed by atoms with Crippen LogP contribution >= 0.6 is 0 Å². The molecule has 4 nitrogen and oxygen atoms in total. The topological polar surface area (TPSA) is 74.7 Å². The smallest absolute Gasteiger partial charge is 0.144 e. The molecule has 0 radical (unpaired) electrons. The lowest BCUT2D eigenvalue weighted by Crippen LogP contribution is -2.11. The van der Waals surface area contributed by atoms with E-state index >= 15 is 0 Å². The molecule has 0 atom stereocenters. The first-order valence-electron chi connectivity index (χ1n) is 5.72. The van der Waals surface area contributed by atoms with Gasteiger partial charge < -0.3 is 11.1 Å². The van der Waals surface area contributed by atoms with E-state index in [1.54, 1.807) is 0 Å². The van der Waals surface area contributed by atoms with Gasteiger partial charge in [-0.15, -0.1) is 0 Å². The van der Waals surface area contributed by atoms with Gasteiger partial charge in [0, 0.05) is 12.2 Å². The molecule has 0 aliphatic heterocycles. The minimum Gasteiger partial charge on any atom is -0.369 e. The molecule has 1 heterocycles. The zero-order valence-corrected chi connectivity index (χ0v) is 9.29. The molecule has 2 rings (SSSR count). The highest BCUT2D eigenvalue weighted by atomic mass is 15.0. The SMILES string of the molecule is N#Cc1cc2c(nc1NCCCN)CCC2. The van der Waals surface area contributed by atoms with Crippen LogP contribution in [0.4, 0.5) is 5.82 Å². The van der Waals surface area contributed by atoms with Gasteiger partial charge >= 0.3 is 0 Å². The van der Waals surface area contributed by atoms with Crippen molar-refractivity contribution in [2.75, 3.05) is 18.4 Å². The van der Waals surface area contributed by atoms with E-state index in [0.29, 0.717) is 12.1 Å². The number of pyridine rings is 1. The molecule has 1 aliphatic carbocycles. The summed E-state index contributed by atoms with van der Waals surface area (Å²) < 4.78 is 0. The molecule has 0 saturated carbocycles. The van der Waals surface area contributed by atoms with Gasteiger partial charge in [-0.25, -0.2) is 4.98 Å². The Balaban J connectivity index is 2.20. The van der Waals surface area contributed by atoms with Gasteiger partial charge in [0.05, 0.1) is 5.56 Å². The van der Waals surface area contributed by atoms with Crippen LogP contribution in [-0.4, -0.2) is 18.1 Å². The monoisotopic (exact) mass is 216 g/mol. The van der Waals surface area contributed by atoms with Crippen molar-refractivity contribution in [2.24, 2.45) is 5.73 Å². The average molecular weight is 216 g/mol. The van der Waals surface area contributed by atoms with Gasteiger partial charge in [-0.3, -0.25) is 0 Å². The van der Waals surface area contributed by atoms with E-state index in [0.717, 1.165) is 43.7 Å². The van der Waals surface area contributed by atoms with E-state index in [1.807, 2.05) is 6.07 Å². The highest BCUT2D eigenvalue weighted by molar-refractivity contribution is 5.55. The van der Waals surface area contributed by atoms with Gasteiger partial charge in [0.1, 0.15) is 11.9 Å². The molecule has 0 unspecified atom stereocenters. The zero-order valence-electron chi connectivity index (χ0n) is 9.29. The normalized spacial score (nSPS) is 13.2. The van der Waals surface area contributed by atoms with E-state index in [2.05, 4.69) is 16.4 Å². The van der Waals surface area contributed by atoms with Crippen LogP contribution in [0.2, 0.25) is 0 Å². The standard InChI is InChI=1S/C12H16N4/c13-5-2-6-15-12-10(8-14)7-9-3-1-4-11(9)16-12/h7H,1-6,13H2,(H,15,16). The lowest BCUT2D eigenvalue weighted by molar-refractivity contribution is 0.865. The fourth-order valence-corrected chi connectivity index (χ4v) is 2.00. The highest BCUT2D eigenvalue weighted by Gasteiger charge is 2.15. The largest absolute Gasteiger partial charge is 0.369 e. The summed E-state index contributed by atoms with van der Waals surface area (Å²) >= 11 is 0. The fourth-order valence-electron chi connectivity index (χ4n) is 2.00. The van der Waals surface area contributed by atoms with Crippen molar-refractivity contribution < 1.29 is 0 Å². The summed E-state index contributed by atoms with van der Waals surface area (Å²) in [6.07, 6.45) is 4.13. The first kappa shape index (κ1) is 10.9. The first-order chi connectivity index (χ1) is 7.85. The van der Waals surface area contributed by atoms with Crippen molar-refractivity contribution >= 4 is 5.82 Å². The second kappa shape index (κ2) is 4.95. The zero-order chi connectivity index (χ0) is 11.4. The molecule has 0 aromatic carbocycles. The number of anilines is 1. The van der Waals surface area contributed by atoms with Crippen molar-refractivity contribution in [1.82, 2.24) is 4.98 Å². The Kier molecular flexibility index (Phi) is 3.37. The van der Waals surface area contributed by atoms with E-state index in [1.165, 1.54) is 5.56 Å². The van der Waals surface area contributed by atoms with Crippen LogP contribution in [0.3, 0.4) is 0 Å². The Morgan fingerprint density at radius 1 is 1.50 bits per heavy atom. The van der Waals surface area contributed by atoms with Crippen LogP contribution < -0.4 is 11.1 Å². The van der Waals surface area contributed by atoms with Gasteiger partial charge in [-0.05, 0) is 43.9 Å². The van der Waals surface area contributed by atoms with Gasteiger partial charge in [0.2, 0.25) is 0 Å². The summed E-state index contributed by atoms with van der Waals surface area (Å²) in [6, 6.07) is 4.17. The molecule has 0 saturated heterocycles. The van der Waals surface area contributed by atoms with Crippen LogP contribution in [0.25, 0.3) is 0 Å². The van der Waals surface area contributed by atoms with Crippen LogP contribution in [0.15, 0.2) is 6.07 Å². The van der Waals surface area contributed by atoms with E-state index in [-0.39, 0.29) is 0 Å². The van der Waals surface area contributed by atoms with E-state index < -0.39 is 0 Å². The summed E-state index contributed by atoms with van der Waals surface area (Å²) in [5, 5.41) is 12.2. The molecule has 16 heavy (non-hydrogen) atoms. The van der Waals surface area contributed by atoms with Crippen molar-refractivity contribution in [3.8, 4) is 6.07 Å². The van der Waals surface area contributed by atoms with Crippen LogP contribution in [-0.2, 0) is 12.8 Å². The maximum atomic E-state index is 9.05. The minimum absolute atomic E-state index is 0.651. The third-order valence-corrected chi connectivity index (χ3v) is 2.84. The molecule has 4 heteroatoms. The van der Waals surface area contributed by atoms with Crippen molar-refractivity contribution in [3.05, 3.63) is 22.9 Å². The number of rotatable bonds is 4. The minimum atomic E-state index is 0.651. The molecule has 1 aromatic heterocycles. The predicted octanol–water partition coefficient (Wildman–Crippen LogP) is 1.20. The van der Waals surface area contributed by atoms with E-state index in [9.17, 15) is 0 Å². The molecule has 1 aliphatic rings. The third-order valence-electron chi connectivity index (χ3n) is 2.84. The van der Waals surface area contributed by atoms with Crippen LogP contribution in [0, 0.1) is 11.3 Å². The second-order valence-corrected chi connectivity index (χ2v) is 4.02. The molecule has 0 bridgehead atoms. The molecule has 0 amide bonds. The summed E-state index contributed by atoms with van der Waals surface area (Å²) in [4.78, 5) is 4.52. The number of hydrogen-bond donors (Lipinski definition) is 2.